The van der Waals surface area contributed by atoms with Crippen LogP contribution in [0.2, 0.25) is 0 Å². The first-order valence-corrected chi connectivity index (χ1v) is 10.8. The highest BCUT2D eigenvalue weighted by Gasteiger charge is 2.30. The van der Waals surface area contributed by atoms with Gasteiger partial charge in [0, 0.05) is 11.3 Å². The summed E-state index contributed by atoms with van der Waals surface area (Å²) in [5, 5.41) is 10.2. The van der Waals surface area contributed by atoms with E-state index in [4.69, 9.17) is 9.47 Å². The third-order valence-corrected chi connectivity index (χ3v) is 5.95. The van der Waals surface area contributed by atoms with Crippen LogP contribution in [0.25, 0.3) is 17.0 Å². The molecule has 2 aromatic heterocycles. The van der Waals surface area contributed by atoms with Crippen molar-refractivity contribution >= 4 is 17.3 Å². The Morgan fingerprint density at radius 3 is 2.81 bits per heavy atom. The molecule has 0 aliphatic heterocycles. The number of carbonyl (C=O) groups is 1. The zero-order valence-electron chi connectivity index (χ0n) is 17.9. The maximum Gasteiger partial charge on any atom is 0.311 e. The number of aromatic amines is 1. The van der Waals surface area contributed by atoms with Crippen LogP contribution in [0.1, 0.15) is 44.7 Å². The van der Waals surface area contributed by atoms with Gasteiger partial charge >= 0.3 is 5.97 Å². The Morgan fingerprint density at radius 2 is 2.06 bits per heavy atom. The molecule has 8 nitrogen and oxygen atoms in total. The van der Waals surface area contributed by atoms with Gasteiger partial charge in [-0.2, -0.15) is 4.63 Å². The molecule has 166 valence electrons. The van der Waals surface area contributed by atoms with E-state index in [0.717, 1.165) is 36.9 Å². The number of anilines is 1. The highest BCUT2D eigenvalue weighted by Crippen LogP contribution is 2.33. The van der Waals surface area contributed by atoms with Crippen LogP contribution in [0.4, 0.5) is 10.1 Å². The molecule has 0 amide bonds. The van der Waals surface area contributed by atoms with Gasteiger partial charge in [0.2, 0.25) is 5.65 Å². The molecule has 1 aliphatic carbocycles. The monoisotopic (exact) mass is 429 g/mol. The van der Waals surface area contributed by atoms with Gasteiger partial charge in [-0.1, -0.05) is 26.2 Å². The summed E-state index contributed by atoms with van der Waals surface area (Å²) in [4.78, 5) is 16.5. The van der Waals surface area contributed by atoms with Gasteiger partial charge in [0.05, 0.1) is 11.6 Å². The van der Waals surface area contributed by atoms with Crippen molar-refractivity contribution in [2.75, 3.05) is 18.8 Å². The molecule has 2 atom stereocenters. The number of aryl methyl sites for hydroxylation is 1. The van der Waals surface area contributed by atoms with Crippen molar-refractivity contribution < 1.29 is 18.7 Å². The minimum absolute atomic E-state index is 0.00359. The van der Waals surface area contributed by atoms with Crippen molar-refractivity contribution in [2.24, 2.45) is 11.8 Å². The van der Waals surface area contributed by atoms with Crippen molar-refractivity contribution in [3.05, 3.63) is 35.8 Å². The second-order valence-corrected chi connectivity index (χ2v) is 7.96. The molecule has 0 radical (unpaired) electrons. The van der Waals surface area contributed by atoms with Crippen LogP contribution in [0.3, 0.4) is 0 Å². The first-order chi connectivity index (χ1) is 15.1. The van der Waals surface area contributed by atoms with Gasteiger partial charge in [0.15, 0.2) is 18.4 Å². The van der Waals surface area contributed by atoms with E-state index in [-0.39, 0.29) is 31.1 Å². The van der Waals surface area contributed by atoms with E-state index in [1.807, 2.05) is 24.3 Å². The molecule has 2 N–H and O–H groups in total. The number of ether oxygens (including phenoxy) is 2. The molecule has 1 aliphatic rings. The van der Waals surface area contributed by atoms with Crippen LogP contribution in [0.5, 0.6) is 0 Å². The molecular formula is C22H28FN5O3. The van der Waals surface area contributed by atoms with Gasteiger partial charge in [0.25, 0.3) is 0 Å². The Hall–Kier alpha value is -2.94. The van der Waals surface area contributed by atoms with Gasteiger partial charge < -0.3 is 14.8 Å². The Balaban J connectivity index is 1.23. The SMILES string of the molecule is CCC1CCCCC1C(=O)OCOCNc1ccc(-c2nc3c(F)c(C)[nH]n3n2)cc1. The van der Waals surface area contributed by atoms with E-state index >= 15 is 0 Å². The van der Waals surface area contributed by atoms with Crippen LogP contribution in [0.15, 0.2) is 24.3 Å². The number of H-pyrrole nitrogens is 1. The predicted molar refractivity (Wildman–Crippen MR) is 114 cm³/mol. The number of esters is 1. The molecule has 4 rings (SSSR count). The van der Waals surface area contributed by atoms with E-state index < -0.39 is 5.82 Å². The normalized spacial score (nSPS) is 18.9. The van der Waals surface area contributed by atoms with Gasteiger partial charge in [0.1, 0.15) is 6.73 Å². The van der Waals surface area contributed by atoms with Crippen molar-refractivity contribution in [1.82, 2.24) is 19.8 Å². The van der Waals surface area contributed by atoms with Crippen LogP contribution < -0.4 is 5.32 Å². The molecule has 2 unspecified atom stereocenters. The molecule has 0 bridgehead atoms. The van der Waals surface area contributed by atoms with E-state index in [1.54, 1.807) is 6.92 Å². The molecule has 1 aromatic carbocycles. The number of carbonyl (C=O) groups excluding carboxylic acids is 1. The number of rotatable bonds is 8. The van der Waals surface area contributed by atoms with Gasteiger partial charge in [-0.3, -0.25) is 9.89 Å². The van der Waals surface area contributed by atoms with Gasteiger partial charge in [-0.25, -0.2) is 9.37 Å². The second kappa shape index (κ2) is 9.47. The minimum Gasteiger partial charge on any atom is -0.438 e. The highest BCUT2D eigenvalue weighted by molar-refractivity contribution is 5.72. The topological polar surface area (TPSA) is 93.5 Å². The third-order valence-electron chi connectivity index (χ3n) is 5.95. The number of benzene rings is 1. The fourth-order valence-corrected chi connectivity index (χ4v) is 4.16. The van der Waals surface area contributed by atoms with Crippen molar-refractivity contribution in [3.63, 3.8) is 0 Å². The predicted octanol–water partition coefficient (Wildman–Crippen LogP) is 4.28. The lowest BCUT2D eigenvalue weighted by Gasteiger charge is -2.28. The Kier molecular flexibility index (Phi) is 6.50. The number of halogens is 1. The fourth-order valence-electron chi connectivity index (χ4n) is 4.16. The van der Waals surface area contributed by atoms with Crippen molar-refractivity contribution in [2.45, 2.75) is 46.0 Å². The van der Waals surface area contributed by atoms with Crippen molar-refractivity contribution in [1.29, 1.82) is 0 Å². The fraction of sp³-hybridized carbons (Fsp3) is 0.500. The molecule has 0 spiro atoms. The first kappa shape index (κ1) is 21.3. The molecule has 1 fully saturated rings. The lowest BCUT2D eigenvalue weighted by atomic mass is 9.78. The maximum atomic E-state index is 13.9. The van der Waals surface area contributed by atoms with Crippen LogP contribution in [-0.4, -0.2) is 39.3 Å². The largest absolute Gasteiger partial charge is 0.438 e. The number of hydrogen-bond donors (Lipinski definition) is 2. The van der Waals surface area contributed by atoms with Crippen LogP contribution in [-0.2, 0) is 14.3 Å². The Morgan fingerprint density at radius 1 is 1.29 bits per heavy atom. The summed E-state index contributed by atoms with van der Waals surface area (Å²) in [6.07, 6.45) is 5.32. The first-order valence-electron chi connectivity index (χ1n) is 10.8. The Bertz CT molecular complexity index is 1030. The summed E-state index contributed by atoms with van der Waals surface area (Å²) < 4.78 is 26.0. The number of hydrogen-bond acceptors (Lipinski definition) is 6. The van der Waals surface area contributed by atoms with E-state index in [2.05, 4.69) is 27.4 Å². The standard InChI is InChI=1S/C22H28FN5O3/c1-3-15-6-4-5-7-18(15)22(29)31-13-30-12-24-17-10-8-16(9-11-17)20-25-21-19(23)14(2)26-28(21)27-20/h8-11,15,18,24,26H,3-7,12-13H2,1-2H3. The number of fused-ring (bicyclic) bond motifs is 1. The summed E-state index contributed by atoms with van der Waals surface area (Å²) in [6, 6.07) is 7.40. The lowest BCUT2D eigenvalue weighted by molar-refractivity contribution is -0.164. The Labute approximate surface area is 180 Å². The summed E-state index contributed by atoms with van der Waals surface area (Å²) >= 11 is 0. The summed E-state index contributed by atoms with van der Waals surface area (Å²) in [7, 11) is 0. The molecule has 2 heterocycles. The summed E-state index contributed by atoms with van der Waals surface area (Å²) in [6.45, 7) is 3.91. The third kappa shape index (κ3) is 4.71. The summed E-state index contributed by atoms with van der Waals surface area (Å²) in [5.41, 5.74) is 2.18. The smallest absolute Gasteiger partial charge is 0.311 e. The van der Waals surface area contributed by atoms with E-state index in [1.165, 1.54) is 11.1 Å². The molecule has 0 saturated heterocycles. The molecule has 31 heavy (non-hydrogen) atoms. The van der Waals surface area contributed by atoms with Gasteiger partial charge in [-0.05, 0) is 49.9 Å². The highest BCUT2D eigenvalue weighted by atomic mass is 19.1. The molecule has 3 aromatic rings. The molecular weight excluding hydrogens is 401 g/mol. The van der Waals surface area contributed by atoms with Crippen molar-refractivity contribution in [3.8, 4) is 11.4 Å². The summed E-state index contributed by atoms with van der Waals surface area (Å²) in [5.74, 6) is 0.322. The number of nitrogens with zero attached hydrogens (tertiary/aromatic N) is 3. The lowest BCUT2D eigenvalue weighted by Crippen LogP contribution is -2.29. The quantitative estimate of drug-likeness (QED) is 0.315. The number of nitrogens with one attached hydrogen (secondary N) is 2. The minimum atomic E-state index is -0.399. The van der Waals surface area contributed by atoms with Crippen LogP contribution >= 0.6 is 0 Å². The van der Waals surface area contributed by atoms with E-state index in [9.17, 15) is 9.18 Å². The van der Waals surface area contributed by atoms with E-state index in [0.29, 0.717) is 17.4 Å². The number of aromatic nitrogens is 4. The average Bonchev–Trinajstić information content (AvgIpc) is 3.32. The zero-order chi connectivity index (χ0) is 21.8. The second-order valence-electron chi connectivity index (χ2n) is 7.96. The zero-order valence-corrected chi connectivity index (χ0v) is 17.9. The maximum absolute atomic E-state index is 13.9. The van der Waals surface area contributed by atoms with Gasteiger partial charge in [-0.15, -0.1) is 5.10 Å². The molecule has 1 saturated carbocycles. The average molecular weight is 429 g/mol. The van der Waals surface area contributed by atoms with Crippen LogP contribution in [0, 0.1) is 24.6 Å². The molecule has 9 heteroatoms.